The fourth-order valence-corrected chi connectivity index (χ4v) is 4.79. The van der Waals surface area contributed by atoms with Crippen molar-refractivity contribution >= 4 is 17.4 Å². The van der Waals surface area contributed by atoms with Gasteiger partial charge in [-0.05, 0) is 37.1 Å². The van der Waals surface area contributed by atoms with Crippen molar-refractivity contribution < 1.29 is 22.6 Å². The van der Waals surface area contributed by atoms with E-state index in [9.17, 15) is 13.2 Å². The standard InChI is InChI=1S/C21H24F3NO2S/c1-26-15-8-9-17-20(14-15)28-19(16-6-3-4-7-18(16)27-2)10-13-25(17)12-5-11-21(22,23)24/h3-4,6-9,14,19H,5,10-13H2,1-2H3. The van der Waals surface area contributed by atoms with Crippen LogP contribution < -0.4 is 14.4 Å². The number of thioether (sulfide) groups is 1. The molecule has 0 saturated carbocycles. The van der Waals surface area contributed by atoms with E-state index in [1.165, 1.54) is 0 Å². The Bertz CT molecular complexity index is 797. The fourth-order valence-electron chi connectivity index (χ4n) is 3.44. The van der Waals surface area contributed by atoms with Gasteiger partial charge in [-0.3, -0.25) is 0 Å². The first-order valence-corrected chi connectivity index (χ1v) is 10.1. The average Bonchev–Trinajstić information content (AvgIpc) is 2.86. The molecule has 3 rings (SSSR count). The highest BCUT2D eigenvalue weighted by Gasteiger charge is 2.29. The summed E-state index contributed by atoms with van der Waals surface area (Å²) >= 11 is 1.71. The van der Waals surface area contributed by atoms with Gasteiger partial charge in [-0.1, -0.05) is 18.2 Å². The number of alkyl halides is 3. The number of para-hydroxylation sites is 1. The van der Waals surface area contributed by atoms with E-state index in [0.717, 1.165) is 34.1 Å². The minimum Gasteiger partial charge on any atom is -0.497 e. The summed E-state index contributed by atoms with van der Waals surface area (Å²) in [5.74, 6) is 1.57. The van der Waals surface area contributed by atoms with Gasteiger partial charge in [0, 0.05) is 35.2 Å². The number of halogens is 3. The van der Waals surface area contributed by atoms with Crippen LogP contribution in [0.4, 0.5) is 18.9 Å². The molecule has 1 atom stereocenters. The lowest BCUT2D eigenvalue weighted by Crippen LogP contribution is -2.26. The predicted octanol–water partition coefficient (Wildman–Crippen LogP) is 6.09. The number of nitrogens with zero attached hydrogens (tertiary/aromatic N) is 1. The second-order valence-corrected chi connectivity index (χ2v) is 7.92. The number of ether oxygens (including phenoxy) is 2. The smallest absolute Gasteiger partial charge is 0.389 e. The molecule has 152 valence electrons. The van der Waals surface area contributed by atoms with Crippen molar-refractivity contribution in [1.82, 2.24) is 0 Å². The Kier molecular flexibility index (Phi) is 6.65. The minimum absolute atomic E-state index is 0.0823. The molecule has 2 aromatic carbocycles. The number of fused-ring (bicyclic) bond motifs is 1. The molecule has 3 nitrogen and oxygen atoms in total. The molecule has 0 bridgehead atoms. The van der Waals surface area contributed by atoms with Crippen LogP contribution in [0.2, 0.25) is 0 Å². The number of methoxy groups -OCH3 is 2. The van der Waals surface area contributed by atoms with E-state index in [-0.39, 0.29) is 11.7 Å². The SMILES string of the molecule is COc1ccc2c(c1)SC(c1ccccc1OC)CCN2CCCC(F)(F)F. The van der Waals surface area contributed by atoms with Crippen LogP contribution in [0, 0.1) is 0 Å². The second kappa shape index (κ2) is 8.99. The maximum absolute atomic E-state index is 12.6. The molecule has 2 aromatic rings. The Hall–Kier alpha value is -2.02. The van der Waals surface area contributed by atoms with Gasteiger partial charge >= 0.3 is 6.18 Å². The Morgan fingerprint density at radius 3 is 2.61 bits per heavy atom. The topological polar surface area (TPSA) is 21.7 Å². The summed E-state index contributed by atoms with van der Waals surface area (Å²) in [5.41, 5.74) is 2.06. The predicted molar refractivity (Wildman–Crippen MR) is 107 cm³/mol. The van der Waals surface area contributed by atoms with Crippen LogP contribution in [-0.4, -0.2) is 33.5 Å². The molecule has 7 heteroatoms. The highest BCUT2D eigenvalue weighted by Crippen LogP contribution is 2.48. The molecule has 1 unspecified atom stereocenters. The summed E-state index contributed by atoms with van der Waals surface area (Å²) in [7, 11) is 3.27. The molecule has 1 aliphatic heterocycles. The van der Waals surface area contributed by atoms with Crippen LogP contribution in [0.1, 0.15) is 30.1 Å². The third-order valence-corrected chi connectivity index (χ3v) is 6.17. The van der Waals surface area contributed by atoms with Crippen molar-refractivity contribution in [2.75, 3.05) is 32.2 Å². The molecule has 1 heterocycles. The zero-order valence-corrected chi connectivity index (χ0v) is 16.8. The molecule has 0 radical (unpaired) electrons. The van der Waals surface area contributed by atoms with E-state index in [1.54, 1.807) is 26.0 Å². The lowest BCUT2D eigenvalue weighted by Gasteiger charge is -2.25. The molecular weight excluding hydrogens is 387 g/mol. The van der Waals surface area contributed by atoms with E-state index in [2.05, 4.69) is 11.0 Å². The number of benzene rings is 2. The molecule has 0 aliphatic carbocycles. The fraction of sp³-hybridized carbons (Fsp3) is 0.429. The van der Waals surface area contributed by atoms with Gasteiger partial charge in [0.1, 0.15) is 11.5 Å². The molecule has 0 amide bonds. The van der Waals surface area contributed by atoms with Crippen LogP contribution in [0.5, 0.6) is 11.5 Å². The number of anilines is 1. The Morgan fingerprint density at radius 1 is 1.11 bits per heavy atom. The first-order chi connectivity index (χ1) is 13.4. The van der Waals surface area contributed by atoms with Crippen LogP contribution in [0.15, 0.2) is 47.4 Å². The third kappa shape index (κ3) is 5.07. The zero-order valence-electron chi connectivity index (χ0n) is 16.0. The summed E-state index contributed by atoms with van der Waals surface area (Å²) in [5, 5.41) is 0.148. The van der Waals surface area contributed by atoms with Gasteiger partial charge in [-0.2, -0.15) is 13.2 Å². The molecule has 0 N–H and O–H groups in total. The molecule has 1 aliphatic rings. The zero-order chi connectivity index (χ0) is 20.1. The van der Waals surface area contributed by atoms with Gasteiger partial charge in [0.2, 0.25) is 0 Å². The van der Waals surface area contributed by atoms with E-state index in [1.807, 2.05) is 36.4 Å². The first-order valence-electron chi connectivity index (χ1n) is 9.20. The Labute approximate surface area is 167 Å². The van der Waals surface area contributed by atoms with Gasteiger partial charge in [0.05, 0.1) is 19.9 Å². The molecule has 28 heavy (non-hydrogen) atoms. The lowest BCUT2D eigenvalue weighted by molar-refractivity contribution is -0.135. The normalized spacial score (nSPS) is 17.0. The van der Waals surface area contributed by atoms with Crippen LogP contribution in [0.25, 0.3) is 0 Å². The van der Waals surface area contributed by atoms with Gasteiger partial charge in [0.15, 0.2) is 0 Å². The summed E-state index contributed by atoms with van der Waals surface area (Å²) in [6.45, 7) is 1.06. The lowest BCUT2D eigenvalue weighted by atomic mass is 10.1. The maximum atomic E-state index is 12.6. The molecule has 0 aromatic heterocycles. The van der Waals surface area contributed by atoms with Gasteiger partial charge < -0.3 is 14.4 Å². The highest BCUT2D eigenvalue weighted by molar-refractivity contribution is 7.99. The first kappa shape index (κ1) is 20.7. The van der Waals surface area contributed by atoms with Crippen molar-refractivity contribution in [3.05, 3.63) is 48.0 Å². The highest BCUT2D eigenvalue weighted by atomic mass is 32.2. The molecule has 0 saturated heterocycles. The Balaban J connectivity index is 1.87. The van der Waals surface area contributed by atoms with Crippen molar-refractivity contribution in [3.63, 3.8) is 0 Å². The van der Waals surface area contributed by atoms with Crippen molar-refractivity contribution in [1.29, 1.82) is 0 Å². The molecule has 0 fully saturated rings. The van der Waals surface area contributed by atoms with Crippen LogP contribution in [-0.2, 0) is 0 Å². The quantitative estimate of drug-likeness (QED) is 0.573. The van der Waals surface area contributed by atoms with E-state index in [0.29, 0.717) is 13.1 Å². The number of hydrogen-bond donors (Lipinski definition) is 0. The summed E-state index contributed by atoms with van der Waals surface area (Å²) < 4.78 is 48.7. The van der Waals surface area contributed by atoms with Gasteiger partial charge in [0.25, 0.3) is 0 Å². The van der Waals surface area contributed by atoms with E-state index in [4.69, 9.17) is 9.47 Å². The monoisotopic (exact) mass is 411 g/mol. The second-order valence-electron chi connectivity index (χ2n) is 6.68. The summed E-state index contributed by atoms with van der Waals surface area (Å²) in [6, 6.07) is 13.7. The van der Waals surface area contributed by atoms with Gasteiger partial charge in [-0.15, -0.1) is 11.8 Å². The average molecular weight is 411 g/mol. The molecule has 0 spiro atoms. The number of rotatable bonds is 6. The van der Waals surface area contributed by atoms with Gasteiger partial charge in [-0.25, -0.2) is 0 Å². The minimum atomic E-state index is -4.12. The van der Waals surface area contributed by atoms with E-state index >= 15 is 0 Å². The molecular formula is C21H24F3NO2S. The third-order valence-electron chi connectivity index (χ3n) is 4.81. The largest absolute Gasteiger partial charge is 0.497 e. The van der Waals surface area contributed by atoms with Crippen LogP contribution >= 0.6 is 11.8 Å². The maximum Gasteiger partial charge on any atom is 0.389 e. The van der Waals surface area contributed by atoms with Crippen molar-refractivity contribution in [2.45, 2.75) is 35.6 Å². The van der Waals surface area contributed by atoms with Crippen molar-refractivity contribution in [3.8, 4) is 11.5 Å². The summed E-state index contributed by atoms with van der Waals surface area (Å²) in [6.07, 6.45) is -3.99. The van der Waals surface area contributed by atoms with Crippen LogP contribution in [0.3, 0.4) is 0 Å². The van der Waals surface area contributed by atoms with Crippen molar-refractivity contribution in [2.24, 2.45) is 0 Å². The van der Waals surface area contributed by atoms with E-state index < -0.39 is 12.6 Å². The Morgan fingerprint density at radius 2 is 1.89 bits per heavy atom. The number of hydrogen-bond acceptors (Lipinski definition) is 4. The summed E-state index contributed by atoms with van der Waals surface area (Å²) in [4.78, 5) is 3.07.